The van der Waals surface area contributed by atoms with E-state index in [2.05, 4.69) is 0 Å². The van der Waals surface area contributed by atoms with Gasteiger partial charge in [0.2, 0.25) is 0 Å². The minimum atomic E-state index is -1.02. The average Bonchev–Trinajstić information content (AvgIpc) is 2.66. The zero-order chi connectivity index (χ0) is 19.4. The second kappa shape index (κ2) is 8.42. The fourth-order valence-electron chi connectivity index (χ4n) is 2.69. The highest BCUT2D eigenvalue weighted by molar-refractivity contribution is 6.37. The number of carboxylic acids is 1. The van der Waals surface area contributed by atoms with Gasteiger partial charge in [-0.05, 0) is 35.4 Å². The van der Waals surface area contributed by atoms with E-state index >= 15 is 0 Å². The summed E-state index contributed by atoms with van der Waals surface area (Å²) in [7, 11) is 0. The number of carbonyl (C=O) groups is 1. The van der Waals surface area contributed by atoms with Crippen LogP contribution in [0.2, 0.25) is 10.0 Å². The number of aromatic carboxylic acids is 1. The molecule has 0 bridgehead atoms. The predicted octanol–water partition coefficient (Wildman–Crippen LogP) is 6.00. The molecule has 0 aliphatic rings. The molecule has 3 aromatic rings. The Bertz CT molecular complexity index is 989. The van der Waals surface area contributed by atoms with Crippen molar-refractivity contribution < 1.29 is 19.0 Å². The summed E-state index contributed by atoms with van der Waals surface area (Å²) in [5.41, 5.74) is 1.72. The van der Waals surface area contributed by atoms with Crippen LogP contribution in [0.15, 0.2) is 60.7 Å². The third kappa shape index (κ3) is 4.41. The summed E-state index contributed by atoms with van der Waals surface area (Å²) in [6, 6.07) is 16.2. The van der Waals surface area contributed by atoms with Gasteiger partial charge in [0, 0.05) is 17.0 Å². The largest absolute Gasteiger partial charge is 0.487 e. The molecule has 0 saturated heterocycles. The molecule has 1 N–H and O–H groups in total. The van der Waals surface area contributed by atoms with Crippen LogP contribution in [-0.4, -0.2) is 11.1 Å². The lowest BCUT2D eigenvalue weighted by Gasteiger charge is -2.14. The lowest BCUT2D eigenvalue weighted by atomic mass is 9.99. The van der Waals surface area contributed by atoms with Crippen LogP contribution in [0.5, 0.6) is 5.75 Å². The van der Waals surface area contributed by atoms with Gasteiger partial charge in [-0.25, -0.2) is 9.18 Å². The van der Waals surface area contributed by atoms with Gasteiger partial charge in [0.1, 0.15) is 18.2 Å². The van der Waals surface area contributed by atoms with E-state index in [1.165, 1.54) is 12.1 Å². The van der Waals surface area contributed by atoms with Gasteiger partial charge in [0.25, 0.3) is 0 Å². The Morgan fingerprint density at radius 3 is 2.33 bits per heavy atom. The van der Waals surface area contributed by atoms with E-state index < -0.39 is 5.97 Å². The Morgan fingerprint density at radius 1 is 0.963 bits per heavy atom. The highest BCUT2D eigenvalue weighted by Crippen LogP contribution is 2.36. The Morgan fingerprint density at radius 2 is 1.63 bits per heavy atom. The fraction of sp³-hybridized carbons (Fsp3) is 0.0952. The molecular formula is C21H15Cl2FO3. The van der Waals surface area contributed by atoms with Gasteiger partial charge in [-0.1, -0.05) is 59.6 Å². The monoisotopic (exact) mass is 404 g/mol. The van der Waals surface area contributed by atoms with Gasteiger partial charge in [-0.3, -0.25) is 0 Å². The van der Waals surface area contributed by atoms with Crippen molar-refractivity contribution in [2.24, 2.45) is 0 Å². The van der Waals surface area contributed by atoms with Gasteiger partial charge in [-0.2, -0.15) is 0 Å². The van der Waals surface area contributed by atoms with Gasteiger partial charge in [0.05, 0.1) is 10.6 Å². The second-order valence-corrected chi connectivity index (χ2v) is 6.64. The summed E-state index contributed by atoms with van der Waals surface area (Å²) in [4.78, 5) is 11.4. The molecular weight excluding hydrogens is 390 g/mol. The molecule has 6 heteroatoms. The van der Waals surface area contributed by atoms with E-state index in [0.717, 1.165) is 0 Å². The smallest absolute Gasteiger partial charge is 0.335 e. The number of halogens is 3. The van der Waals surface area contributed by atoms with Crippen LogP contribution in [0, 0.1) is 5.82 Å². The molecule has 3 rings (SSSR count). The van der Waals surface area contributed by atoms with Crippen molar-refractivity contribution in [3.05, 3.63) is 98.8 Å². The zero-order valence-electron chi connectivity index (χ0n) is 14.1. The van der Waals surface area contributed by atoms with Crippen LogP contribution in [0.1, 0.15) is 27.0 Å². The van der Waals surface area contributed by atoms with Gasteiger partial charge >= 0.3 is 5.97 Å². The van der Waals surface area contributed by atoms with Gasteiger partial charge in [-0.15, -0.1) is 0 Å². The molecule has 0 fully saturated rings. The normalized spacial score (nSPS) is 10.6. The van der Waals surface area contributed by atoms with Crippen LogP contribution in [0.4, 0.5) is 4.39 Å². The van der Waals surface area contributed by atoms with Crippen molar-refractivity contribution in [3.63, 3.8) is 0 Å². The zero-order valence-corrected chi connectivity index (χ0v) is 15.6. The first-order chi connectivity index (χ1) is 13.0. The molecule has 138 valence electrons. The fourth-order valence-corrected chi connectivity index (χ4v) is 3.25. The first kappa shape index (κ1) is 19.2. The third-order valence-electron chi connectivity index (χ3n) is 4.11. The van der Waals surface area contributed by atoms with Crippen LogP contribution in [-0.2, 0) is 13.0 Å². The quantitative estimate of drug-likeness (QED) is 0.547. The van der Waals surface area contributed by atoms with E-state index in [1.807, 2.05) is 0 Å². The maximum Gasteiger partial charge on any atom is 0.335 e. The third-order valence-corrected chi connectivity index (χ3v) is 4.88. The highest BCUT2D eigenvalue weighted by atomic mass is 35.5. The highest BCUT2D eigenvalue weighted by Gasteiger charge is 2.16. The number of hydrogen-bond donors (Lipinski definition) is 1. The molecule has 0 unspecified atom stereocenters. The standard InChI is InChI=1S/C21H15Cl2FO3/c22-17-9-10-19(27-12-14-6-2-4-8-18(14)24)20(23)16(17)11-13-5-1-3-7-15(13)21(25)26/h1-10H,11-12H2,(H,25,26). The minimum absolute atomic E-state index is 0.0131. The summed E-state index contributed by atoms with van der Waals surface area (Å²) in [5, 5.41) is 10.0. The van der Waals surface area contributed by atoms with Crippen molar-refractivity contribution in [1.82, 2.24) is 0 Å². The van der Waals surface area contributed by atoms with Crippen LogP contribution in [0.3, 0.4) is 0 Å². The van der Waals surface area contributed by atoms with Crippen molar-refractivity contribution >= 4 is 29.2 Å². The SMILES string of the molecule is O=C(O)c1ccccc1Cc1c(Cl)ccc(OCc2ccccc2F)c1Cl. The summed E-state index contributed by atoms with van der Waals surface area (Å²) in [5.74, 6) is -1.03. The van der Waals surface area contributed by atoms with E-state index in [9.17, 15) is 14.3 Å². The summed E-state index contributed by atoms with van der Waals surface area (Å²) in [6.07, 6.45) is 0.233. The second-order valence-electron chi connectivity index (χ2n) is 5.86. The maximum atomic E-state index is 13.8. The Hall–Kier alpha value is -2.56. The number of rotatable bonds is 6. The number of hydrogen-bond acceptors (Lipinski definition) is 2. The minimum Gasteiger partial charge on any atom is -0.487 e. The molecule has 3 aromatic carbocycles. The Balaban J connectivity index is 1.88. The first-order valence-electron chi connectivity index (χ1n) is 8.11. The average molecular weight is 405 g/mol. The molecule has 0 spiro atoms. The van der Waals surface area contributed by atoms with Crippen molar-refractivity contribution in [3.8, 4) is 5.75 Å². The van der Waals surface area contributed by atoms with E-state index in [4.69, 9.17) is 27.9 Å². The topological polar surface area (TPSA) is 46.5 Å². The van der Waals surface area contributed by atoms with Crippen molar-refractivity contribution in [2.75, 3.05) is 0 Å². The van der Waals surface area contributed by atoms with Gasteiger partial charge < -0.3 is 9.84 Å². The molecule has 0 heterocycles. The van der Waals surface area contributed by atoms with E-state index in [1.54, 1.807) is 48.5 Å². The predicted molar refractivity (Wildman–Crippen MR) is 103 cm³/mol. The molecule has 0 radical (unpaired) electrons. The van der Waals surface area contributed by atoms with Crippen LogP contribution < -0.4 is 4.74 Å². The lowest BCUT2D eigenvalue weighted by Crippen LogP contribution is -2.04. The van der Waals surface area contributed by atoms with Crippen molar-refractivity contribution in [1.29, 1.82) is 0 Å². The van der Waals surface area contributed by atoms with Crippen LogP contribution >= 0.6 is 23.2 Å². The van der Waals surface area contributed by atoms with Crippen LogP contribution in [0.25, 0.3) is 0 Å². The summed E-state index contributed by atoms with van der Waals surface area (Å²) < 4.78 is 19.4. The first-order valence-corrected chi connectivity index (χ1v) is 8.87. The van der Waals surface area contributed by atoms with Crippen molar-refractivity contribution in [2.45, 2.75) is 13.0 Å². The lowest BCUT2D eigenvalue weighted by molar-refractivity contribution is 0.0696. The Labute approximate surface area is 165 Å². The van der Waals surface area contributed by atoms with Gasteiger partial charge in [0.15, 0.2) is 0 Å². The molecule has 3 nitrogen and oxygen atoms in total. The summed E-state index contributed by atoms with van der Waals surface area (Å²) >= 11 is 12.7. The van der Waals surface area contributed by atoms with E-state index in [-0.39, 0.29) is 29.4 Å². The molecule has 27 heavy (non-hydrogen) atoms. The molecule has 0 aliphatic heterocycles. The summed E-state index contributed by atoms with van der Waals surface area (Å²) in [6.45, 7) is 0.0131. The molecule has 0 amide bonds. The molecule has 0 aromatic heterocycles. The number of carboxylic acid groups (broad SMARTS) is 1. The maximum absolute atomic E-state index is 13.8. The Kier molecular flexibility index (Phi) is 5.99. The molecule has 0 atom stereocenters. The van der Waals surface area contributed by atoms with E-state index in [0.29, 0.717) is 27.5 Å². The number of ether oxygens (including phenoxy) is 1. The molecule has 0 aliphatic carbocycles. The number of benzene rings is 3. The molecule has 0 saturated carbocycles.